The highest BCUT2D eigenvalue weighted by Gasteiger charge is 2.61. The number of alkyl carbamates (subject to hydrolysis) is 1. The highest BCUT2D eigenvalue weighted by molar-refractivity contribution is 5.94. The molecule has 0 radical (unpaired) electrons. The van der Waals surface area contributed by atoms with Crippen molar-refractivity contribution in [2.45, 2.75) is 51.9 Å². The molecule has 1 saturated carbocycles. The van der Waals surface area contributed by atoms with Crippen LogP contribution in [0.5, 0.6) is 0 Å². The molecule has 1 amide bonds. The van der Waals surface area contributed by atoms with Gasteiger partial charge in [-0.2, -0.15) is 0 Å². The van der Waals surface area contributed by atoms with Gasteiger partial charge in [-0.3, -0.25) is 4.79 Å². The Bertz CT molecular complexity index is 932. The fourth-order valence-corrected chi connectivity index (χ4v) is 4.25. The van der Waals surface area contributed by atoms with E-state index in [4.69, 9.17) is 9.47 Å². The third-order valence-electron chi connectivity index (χ3n) is 6.52. The van der Waals surface area contributed by atoms with Crippen LogP contribution in [0.2, 0.25) is 0 Å². The minimum absolute atomic E-state index is 0.0142. The Morgan fingerprint density at radius 3 is 2.70 bits per heavy atom. The molecular formula is C28H35NO4. The van der Waals surface area contributed by atoms with Gasteiger partial charge in [-0.05, 0) is 36.3 Å². The molecule has 1 aromatic carbocycles. The van der Waals surface area contributed by atoms with E-state index in [1.807, 2.05) is 48.6 Å². The molecule has 5 unspecified atom stereocenters. The van der Waals surface area contributed by atoms with E-state index in [1.54, 1.807) is 0 Å². The van der Waals surface area contributed by atoms with Crippen molar-refractivity contribution in [3.63, 3.8) is 0 Å². The molecule has 0 aromatic heterocycles. The topological polar surface area (TPSA) is 64.6 Å². The summed E-state index contributed by atoms with van der Waals surface area (Å²) in [6.07, 6.45) is 13.0. The van der Waals surface area contributed by atoms with Gasteiger partial charge in [-0.1, -0.05) is 87.2 Å². The van der Waals surface area contributed by atoms with Gasteiger partial charge in [0.05, 0.1) is 12.7 Å². The molecule has 5 heteroatoms. The Morgan fingerprint density at radius 1 is 1.24 bits per heavy atom. The van der Waals surface area contributed by atoms with E-state index < -0.39 is 11.6 Å². The van der Waals surface area contributed by atoms with Gasteiger partial charge in [0, 0.05) is 12.3 Å². The van der Waals surface area contributed by atoms with Crippen LogP contribution in [0.25, 0.3) is 0 Å². The second kappa shape index (κ2) is 11.3. The Kier molecular flexibility index (Phi) is 8.45. The number of hydrogen-bond acceptors (Lipinski definition) is 4. The lowest BCUT2D eigenvalue weighted by Gasteiger charge is -2.32. The lowest BCUT2D eigenvalue weighted by Crippen LogP contribution is -2.46. The van der Waals surface area contributed by atoms with Crippen molar-refractivity contribution in [1.82, 2.24) is 5.32 Å². The summed E-state index contributed by atoms with van der Waals surface area (Å²) >= 11 is 0. The van der Waals surface area contributed by atoms with Crippen molar-refractivity contribution in [2.75, 3.05) is 6.61 Å². The predicted molar refractivity (Wildman–Crippen MR) is 131 cm³/mol. The molecule has 0 saturated heterocycles. The lowest BCUT2D eigenvalue weighted by atomic mass is 9.74. The molecule has 0 spiro atoms. The van der Waals surface area contributed by atoms with E-state index in [0.717, 1.165) is 17.6 Å². The van der Waals surface area contributed by atoms with E-state index in [-0.39, 0.29) is 30.3 Å². The summed E-state index contributed by atoms with van der Waals surface area (Å²) in [5.41, 5.74) is 0.953. The van der Waals surface area contributed by atoms with Crippen molar-refractivity contribution in [1.29, 1.82) is 0 Å². The third kappa shape index (κ3) is 6.32. The second-order valence-electron chi connectivity index (χ2n) is 8.94. The zero-order chi connectivity index (χ0) is 23.8. The maximum atomic E-state index is 12.6. The summed E-state index contributed by atoms with van der Waals surface area (Å²) in [5, 5.41) is 2.78. The summed E-state index contributed by atoms with van der Waals surface area (Å²) in [6, 6.07) is 9.76. The smallest absolute Gasteiger partial charge is 0.408 e. The molecule has 2 aliphatic rings. The second-order valence-corrected chi connectivity index (χ2v) is 8.94. The quantitative estimate of drug-likeness (QED) is 0.476. The standard InChI is InChI=1S/C28H35NO4/c1-5-6-7-11-14-24-20(2)15-16-21(3)25(24)19-33-27(31)29-28(22(4)30)17-26(28)32-18-23-12-9-8-10-13-23/h6-16,20,24-26H,3,5,17-19H2,1-2,4H3,(H,29,31)/b7-6-,14-11-. The molecule has 3 rings (SSSR count). The van der Waals surface area contributed by atoms with Crippen LogP contribution in [0, 0.1) is 17.8 Å². The first-order valence-corrected chi connectivity index (χ1v) is 11.7. The van der Waals surface area contributed by atoms with Crippen molar-refractivity contribution in [2.24, 2.45) is 17.8 Å². The van der Waals surface area contributed by atoms with Crippen LogP contribution in [0.15, 0.2) is 78.9 Å². The largest absolute Gasteiger partial charge is 0.449 e. The van der Waals surface area contributed by atoms with Crippen LogP contribution in [0.4, 0.5) is 4.79 Å². The molecule has 5 atom stereocenters. The number of nitrogens with one attached hydrogen (secondary N) is 1. The average Bonchev–Trinajstić information content (AvgIpc) is 3.51. The number of carbonyl (C=O) groups excluding carboxylic acids is 2. The number of hydrogen-bond donors (Lipinski definition) is 1. The van der Waals surface area contributed by atoms with Crippen LogP contribution in [0.1, 0.15) is 39.2 Å². The molecule has 2 aliphatic carbocycles. The number of ketones is 1. The number of carbonyl (C=O) groups is 2. The Labute approximate surface area is 197 Å². The van der Waals surface area contributed by atoms with Crippen molar-refractivity contribution >= 4 is 11.9 Å². The van der Waals surface area contributed by atoms with E-state index >= 15 is 0 Å². The van der Waals surface area contributed by atoms with E-state index in [9.17, 15) is 9.59 Å². The number of ether oxygens (including phenoxy) is 2. The van der Waals surface area contributed by atoms with Crippen LogP contribution >= 0.6 is 0 Å². The molecular weight excluding hydrogens is 414 g/mol. The Balaban J connectivity index is 1.56. The van der Waals surface area contributed by atoms with E-state index in [0.29, 0.717) is 18.9 Å². The zero-order valence-corrected chi connectivity index (χ0v) is 19.8. The highest BCUT2D eigenvalue weighted by atomic mass is 16.6. The molecule has 0 bridgehead atoms. The first-order chi connectivity index (χ1) is 15.9. The van der Waals surface area contributed by atoms with Gasteiger partial charge in [0.2, 0.25) is 0 Å². The number of allylic oxidation sites excluding steroid dienone is 6. The molecule has 5 nitrogen and oxygen atoms in total. The van der Waals surface area contributed by atoms with Crippen LogP contribution < -0.4 is 5.32 Å². The average molecular weight is 450 g/mol. The maximum Gasteiger partial charge on any atom is 0.408 e. The Hall–Kier alpha value is -2.92. The molecule has 1 N–H and O–H groups in total. The number of amides is 1. The first kappa shape index (κ1) is 24.7. The van der Waals surface area contributed by atoms with Crippen molar-refractivity contribution < 1.29 is 19.1 Å². The predicted octanol–water partition coefficient (Wildman–Crippen LogP) is 5.55. The fourth-order valence-electron chi connectivity index (χ4n) is 4.25. The molecule has 1 fully saturated rings. The highest BCUT2D eigenvalue weighted by Crippen LogP contribution is 2.41. The Morgan fingerprint density at radius 2 is 2.00 bits per heavy atom. The normalized spacial score (nSPS) is 28.9. The van der Waals surface area contributed by atoms with Gasteiger partial charge in [0.15, 0.2) is 5.78 Å². The van der Waals surface area contributed by atoms with Crippen molar-refractivity contribution in [3.8, 4) is 0 Å². The molecule has 1 aromatic rings. The molecule has 0 heterocycles. The minimum Gasteiger partial charge on any atom is -0.449 e. The minimum atomic E-state index is -1.01. The SMILES string of the molecule is C=C1C=CC(C)C(/C=C\C=C/CC)C1COC(=O)NC1(C(C)=O)CC1OCc1ccccc1. The maximum absolute atomic E-state index is 12.6. The number of benzene rings is 1. The molecule has 176 valence electrons. The summed E-state index contributed by atoms with van der Waals surface area (Å²) in [4.78, 5) is 25.0. The zero-order valence-electron chi connectivity index (χ0n) is 19.8. The van der Waals surface area contributed by atoms with Crippen LogP contribution in [-0.2, 0) is 20.9 Å². The van der Waals surface area contributed by atoms with Gasteiger partial charge < -0.3 is 14.8 Å². The van der Waals surface area contributed by atoms with Gasteiger partial charge >= 0.3 is 6.09 Å². The lowest BCUT2D eigenvalue weighted by molar-refractivity contribution is -0.121. The number of Topliss-reactive ketones (excluding diaryl/α,β-unsaturated/α-hetero) is 1. The summed E-state index contributed by atoms with van der Waals surface area (Å²) in [7, 11) is 0. The van der Waals surface area contributed by atoms with E-state index in [2.05, 4.69) is 44.0 Å². The summed E-state index contributed by atoms with van der Waals surface area (Å²) in [6.45, 7) is 10.5. The molecule has 33 heavy (non-hydrogen) atoms. The van der Waals surface area contributed by atoms with Crippen molar-refractivity contribution in [3.05, 3.63) is 84.5 Å². The van der Waals surface area contributed by atoms with E-state index in [1.165, 1.54) is 6.92 Å². The first-order valence-electron chi connectivity index (χ1n) is 11.7. The summed E-state index contributed by atoms with van der Waals surface area (Å²) < 4.78 is 11.5. The van der Waals surface area contributed by atoms with Gasteiger partial charge in [-0.25, -0.2) is 4.79 Å². The fraction of sp³-hybridized carbons (Fsp3) is 0.429. The van der Waals surface area contributed by atoms with Gasteiger partial charge in [-0.15, -0.1) is 0 Å². The number of rotatable bonds is 10. The van der Waals surface area contributed by atoms with Gasteiger partial charge in [0.25, 0.3) is 0 Å². The monoisotopic (exact) mass is 449 g/mol. The van der Waals surface area contributed by atoms with Crippen LogP contribution in [-0.4, -0.2) is 30.1 Å². The third-order valence-corrected chi connectivity index (χ3v) is 6.52. The van der Waals surface area contributed by atoms with Crippen LogP contribution in [0.3, 0.4) is 0 Å². The summed E-state index contributed by atoms with van der Waals surface area (Å²) in [5.74, 6) is 0.349. The van der Waals surface area contributed by atoms with Gasteiger partial charge in [0.1, 0.15) is 12.1 Å². The molecule has 0 aliphatic heterocycles.